The first-order valence-corrected chi connectivity index (χ1v) is 5.88. The van der Waals surface area contributed by atoms with Crippen molar-refractivity contribution in [3.8, 4) is 0 Å². The van der Waals surface area contributed by atoms with E-state index in [1.165, 1.54) is 20.0 Å². The lowest BCUT2D eigenvalue weighted by molar-refractivity contribution is -0.153. The molecule has 0 aromatic heterocycles. The molecule has 1 unspecified atom stereocenters. The van der Waals surface area contributed by atoms with Crippen LogP contribution in [-0.2, 0) is 9.53 Å². The molecular weight excluding hydrogens is 190 g/mol. The Kier molecular flexibility index (Phi) is 2.53. The molecule has 2 fully saturated rings. The molecule has 2 rings (SSSR count). The quantitative estimate of drug-likeness (QED) is 0.724. The van der Waals surface area contributed by atoms with E-state index in [9.17, 15) is 4.79 Å². The number of carbonyl (C=O) groups is 1. The Bertz CT molecular complexity index is 271. The molecule has 86 valence electrons. The number of carbonyl (C=O) groups excluding carboxylic acids is 1. The molecular formula is C12H21NO2. The van der Waals surface area contributed by atoms with Gasteiger partial charge in [0.2, 0.25) is 0 Å². The van der Waals surface area contributed by atoms with Crippen LogP contribution in [0.4, 0.5) is 0 Å². The second kappa shape index (κ2) is 3.48. The normalized spacial score (nSPS) is 34.1. The standard InChI is InChI=1S/C12H21NO2/c1-11(2)7-4-8-12(11,10(14)15-3)13-9-5-6-9/h9,13H,4-8H2,1-3H3. The summed E-state index contributed by atoms with van der Waals surface area (Å²) in [6, 6.07) is 0.543. The van der Waals surface area contributed by atoms with Crippen molar-refractivity contribution in [2.45, 2.75) is 57.5 Å². The highest BCUT2D eigenvalue weighted by Crippen LogP contribution is 2.48. The minimum Gasteiger partial charge on any atom is -0.468 e. The third kappa shape index (κ3) is 1.67. The van der Waals surface area contributed by atoms with Crippen molar-refractivity contribution in [2.24, 2.45) is 5.41 Å². The molecule has 0 spiro atoms. The molecule has 2 aliphatic carbocycles. The summed E-state index contributed by atoms with van der Waals surface area (Å²) in [4.78, 5) is 12.0. The molecule has 0 bridgehead atoms. The van der Waals surface area contributed by atoms with Crippen LogP contribution >= 0.6 is 0 Å². The van der Waals surface area contributed by atoms with Crippen molar-refractivity contribution < 1.29 is 9.53 Å². The Morgan fingerprint density at radius 3 is 2.40 bits per heavy atom. The summed E-state index contributed by atoms with van der Waals surface area (Å²) in [6.45, 7) is 4.35. The number of hydrogen-bond acceptors (Lipinski definition) is 3. The Morgan fingerprint density at radius 2 is 2.00 bits per heavy atom. The van der Waals surface area contributed by atoms with E-state index in [0.29, 0.717) is 6.04 Å². The van der Waals surface area contributed by atoms with Crippen LogP contribution in [0.15, 0.2) is 0 Å². The van der Waals surface area contributed by atoms with Gasteiger partial charge in [0, 0.05) is 6.04 Å². The largest absolute Gasteiger partial charge is 0.468 e. The van der Waals surface area contributed by atoms with Gasteiger partial charge in [0.05, 0.1) is 7.11 Å². The van der Waals surface area contributed by atoms with Crippen molar-refractivity contribution in [1.29, 1.82) is 0 Å². The van der Waals surface area contributed by atoms with Crippen molar-refractivity contribution in [1.82, 2.24) is 5.32 Å². The molecule has 1 N–H and O–H groups in total. The SMILES string of the molecule is COC(=O)C1(NC2CC2)CCCC1(C)C. The summed E-state index contributed by atoms with van der Waals surface area (Å²) in [6.07, 6.45) is 5.54. The molecule has 1 atom stereocenters. The van der Waals surface area contributed by atoms with Gasteiger partial charge in [0.1, 0.15) is 5.54 Å². The van der Waals surface area contributed by atoms with Gasteiger partial charge < -0.3 is 4.74 Å². The zero-order chi connectivity index (χ0) is 11.1. The van der Waals surface area contributed by atoms with E-state index in [1.54, 1.807) is 0 Å². The molecule has 3 nitrogen and oxygen atoms in total. The van der Waals surface area contributed by atoms with E-state index in [1.807, 2.05) is 0 Å². The van der Waals surface area contributed by atoms with Crippen LogP contribution < -0.4 is 5.32 Å². The van der Waals surface area contributed by atoms with Crippen molar-refractivity contribution >= 4 is 5.97 Å². The zero-order valence-electron chi connectivity index (χ0n) is 9.93. The van der Waals surface area contributed by atoms with Gasteiger partial charge in [-0.05, 0) is 31.1 Å². The second-order valence-corrected chi connectivity index (χ2v) is 5.55. The Hall–Kier alpha value is -0.570. The number of esters is 1. The minimum atomic E-state index is -0.428. The fraction of sp³-hybridized carbons (Fsp3) is 0.917. The first-order valence-electron chi connectivity index (χ1n) is 5.88. The summed E-state index contributed by atoms with van der Waals surface area (Å²) in [5, 5.41) is 3.53. The highest BCUT2D eigenvalue weighted by atomic mass is 16.5. The van der Waals surface area contributed by atoms with Gasteiger partial charge in [-0.1, -0.05) is 20.3 Å². The van der Waals surface area contributed by atoms with Gasteiger partial charge in [0.15, 0.2) is 0 Å². The van der Waals surface area contributed by atoms with Crippen LogP contribution in [0.3, 0.4) is 0 Å². The number of nitrogens with one attached hydrogen (secondary N) is 1. The van der Waals surface area contributed by atoms with Crippen LogP contribution in [-0.4, -0.2) is 24.7 Å². The molecule has 0 amide bonds. The van der Waals surface area contributed by atoms with Crippen LogP contribution in [0.25, 0.3) is 0 Å². The molecule has 2 aliphatic rings. The van der Waals surface area contributed by atoms with Crippen LogP contribution in [0.2, 0.25) is 0 Å². The summed E-state index contributed by atoms with van der Waals surface area (Å²) in [5.41, 5.74) is -0.411. The van der Waals surface area contributed by atoms with Crippen LogP contribution in [0.5, 0.6) is 0 Å². The molecule has 3 heteroatoms. The topological polar surface area (TPSA) is 38.3 Å². The predicted octanol–water partition coefficient (Wildman–Crippen LogP) is 1.86. The van der Waals surface area contributed by atoms with E-state index in [-0.39, 0.29) is 11.4 Å². The van der Waals surface area contributed by atoms with Crippen molar-refractivity contribution in [3.63, 3.8) is 0 Å². The lowest BCUT2D eigenvalue weighted by Crippen LogP contribution is -2.59. The summed E-state index contributed by atoms with van der Waals surface area (Å²) in [5.74, 6) is -0.0723. The highest BCUT2D eigenvalue weighted by molar-refractivity contribution is 5.82. The van der Waals surface area contributed by atoms with Gasteiger partial charge in [-0.2, -0.15) is 0 Å². The third-order valence-corrected chi connectivity index (χ3v) is 4.07. The van der Waals surface area contributed by atoms with E-state index >= 15 is 0 Å². The molecule has 0 saturated heterocycles. The predicted molar refractivity (Wildman–Crippen MR) is 58.5 cm³/mol. The highest BCUT2D eigenvalue weighted by Gasteiger charge is 2.56. The molecule has 2 saturated carbocycles. The maximum atomic E-state index is 12.0. The number of methoxy groups -OCH3 is 1. The fourth-order valence-corrected chi connectivity index (χ4v) is 2.80. The summed E-state index contributed by atoms with van der Waals surface area (Å²) in [7, 11) is 1.49. The zero-order valence-corrected chi connectivity index (χ0v) is 9.93. The monoisotopic (exact) mass is 211 g/mol. The average Bonchev–Trinajstić information content (AvgIpc) is 2.92. The van der Waals surface area contributed by atoms with Gasteiger partial charge in [-0.15, -0.1) is 0 Å². The van der Waals surface area contributed by atoms with Gasteiger partial charge >= 0.3 is 5.97 Å². The first kappa shape index (κ1) is 10.9. The lowest BCUT2D eigenvalue weighted by Gasteiger charge is -2.39. The number of ether oxygens (including phenoxy) is 1. The third-order valence-electron chi connectivity index (χ3n) is 4.07. The summed E-state index contributed by atoms with van der Waals surface area (Å²) >= 11 is 0. The molecule has 0 radical (unpaired) electrons. The molecule has 0 aliphatic heterocycles. The first-order chi connectivity index (χ1) is 7.02. The van der Waals surface area contributed by atoms with Crippen LogP contribution in [0, 0.1) is 5.41 Å². The maximum Gasteiger partial charge on any atom is 0.326 e. The summed E-state index contributed by atoms with van der Waals surface area (Å²) < 4.78 is 5.00. The molecule has 15 heavy (non-hydrogen) atoms. The number of hydrogen-bond donors (Lipinski definition) is 1. The molecule has 0 aromatic carbocycles. The van der Waals surface area contributed by atoms with Gasteiger partial charge in [0.25, 0.3) is 0 Å². The molecule has 0 heterocycles. The van der Waals surface area contributed by atoms with Crippen molar-refractivity contribution in [2.75, 3.05) is 7.11 Å². The Balaban J connectivity index is 2.24. The average molecular weight is 211 g/mol. The minimum absolute atomic E-state index is 0.0166. The van der Waals surface area contributed by atoms with E-state index in [0.717, 1.165) is 19.3 Å². The van der Waals surface area contributed by atoms with Crippen LogP contribution in [0.1, 0.15) is 46.0 Å². The lowest BCUT2D eigenvalue weighted by atomic mass is 9.74. The van der Waals surface area contributed by atoms with E-state index in [4.69, 9.17) is 4.74 Å². The van der Waals surface area contributed by atoms with E-state index in [2.05, 4.69) is 19.2 Å². The molecule has 0 aromatic rings. The van der Waals surface area contributed by atoms with Crippen molar-refractivity contribution in [3.05, 3.63) is 0 Å². The smallest absolute Gasteiger partial charge is 0.326 e. The maximum absolute atomic E-state index is 12.0. The fourth-order valence-electron chi connectivity index (χ4n) is 2.80. The second-order valence-electron chi connectivity index (χ2n) is 5.55. The Labute approximate surface area is 91.6 Å². The van der Waals surface area contributed by atoms with Gasteiger partial charge in [-0.3, -0.25) is 10.1 Å². The van der Waals surface area contributed by atoms with E-state index < -0.39 is 5.54 Å². The van der Waals surface area contributed by atoms with Gasteiger partial charge in [-0.25, -0.2) is 0 Å². The Morgan fingerprint density at radius 1 is 1.33 bits per heavy atom. The number of rotatable bonds is 3.